The highest BCUT2D eigenvalue weighted by molar-refractivity contribution is 6.04. The summed E-state index contributed by atoms with van der Waals surface area (Å²) in [6, 6.07) is 16.0. The average molecular weight is 517 g/mol. The van der Waals surface area contributed by atoms with Gasteiger partial charge in [0.2, 0.25) is 5.91 Å². The van der Waals surface area contributed by atoms with Crippen molar-refractivity contribution in [3.8, 4) is 5.69 Å². The van der Waals surface area contributed by atoms with Crippen LogP contribution in [-0.2, 0) is 9.53 Å². The van der Waals surface area contributed by atoms with E-state index in [0.717, 1.165) is 25.7 Å². The molecule has 0 saturated heterocycles. The fourth-order valence-electron chi connectivity index (χ4n) is 4.83. The molecule has 1 aromatic heterocycles. The molecule has 1 saturated carbocycles. The number of amides is 2. The molecule has 3 aromatic rings. The molecular formula is C30H36N4O4. The van der Waals surface area contributed by atoms with Crippen LogP contribution in [0.3, 0.4) is 0 Å². The standard InChI is InChI=1S/C30H36N4O4/c1-5-38-30(37)26-19-33(25-17-15-22(16-18-25)28(35)31-24-9-7-6-8-10-24)32-27(26)34(20(2)3)29(36)23-13-11-21(4)12-14-23/h6-10,15-21,23H,5,11-14H2,1-4H3,(H,31,35)/t21-,23-. The molecule has 0 radical (unpaired) electrons. The maximum absolute atomic E-state index is 13.7. The molecule has 1 heterocycles. The van der Waals surface area contributed by atoms with Crippen LogP contribution in [0, 0.1) is 11.8 Å². The second-order valence-corrected chi connectivity index (χ2v) is 10.2. The Balaban J connectivity index is 1.63. The zero-order valence-corrected chi connectivity index (χ0v) is 22.5. The average Bonchev–Trinajstić information content (AvgIpc) is 3.34. The largest absolute Gasteiger partial charge is 0.462 e. The van der Waals surface area contributed by atoms with Crippen molar-refractivity contribution >= 4 is 29.3 Å². The minimum absolute atomic E-state index is 0.00405. The summed E-state index contributed by atoms with van der Waals surface area (Å²) >= 11 is 0. The van der Waals surface area contributed by atoms with E-state index in [0.29, 0.717) is 28.7 Å². The first kappa shape index (κ1) is 27.1. The van der Waals surface area contributed by atoms with Gasteiger partial charge in [-0.25, -0.2) is 9.48 Å². The van der Waals surface area contributed by atoms with Crippen molar-refractivity contribution in [1.29, 1.82) is 0 Å². The molecule has 2 aromatic carbocycles. The monoisotopic (exact) mass is 516 g/mol. The molecule has 8 heteroatoms. The second-order valence-electron chi connectivity index (χ2n) is 10.2. The Labute approximate surface area is 224 Å². The summed E-state index contributed by atoms with van der Waals surface area (Å²) in [7, 11) is 0. The van der Waals surface area contributed by atoms with E-state index >= 15 is 0 Å². The smallest absolute Gasteiger partial charge is 0.343 e. The summed E-state index contributed by atoms with van der Waals surface area (Å²) < 4.78 is 6.87. The number of rotatable bonds is 8. The lowest BCUT2D eigenvalue weighted by molar-refractivity contribution is -0.124. The van der Waals surface area contributed by atoms with Gasteiger partial charge in [0.05, 0.1) is 12.3 Å². The summed E-state index contributed by atoms with van der Waals surface area (Å²) in [5, 5.41) is 7.57. The maximum Gasteiger partial charge on any atom is 0.343 e. The lowest BCUT2D eigenvalue weighted by Crippen LogP contribution is -2.43. The van der Waals surface area contributed by atoms with Gasteiger partial charge in [-0.2, -0.15) is 0 Å². The van der Waals surface area contributed by atoms with Crippen molar-refractivity contribution in [2.45, 2.75) is 59.4 Å². The van der Waals surface area contributed by atoms with Crippen molar-refractivity contribution in [2.24, 2.45) is 11.8 Å². The topological polar surface area (TPSA) is 93.5 Å². The number of anilines is 2. The van der Waals surface area contributed by atoms with Crippen molar-refractivity contribution in [1.82, 2.24) is 9.78 Å². The summed E-state index contributed by atoms with van der Waals surface area (Å²) in [5.41, 5.74) is 2.09. The first-order valence-electron chi connectivity index (χ1n) is 13.3. The van der Waals surface area contributed by atoms with Crippen LogP contribution >= 0.6 is 0 Å². The van der Waals surface area contributed by atoms with Crippen LogP contribution in [0.25, 0.3) is 5.69 Å². The van der Waals surface area contributed by atoms with Gasteiger partial charge < -0.3 is 10.1 Å². The number of nitrogens with one attached hydrogen (secondary N) is 1. The van der Waals surface area contributed by atoms with Gasteiger partial charge in [0, 0.05) is 29.4 Å². The van der Waals surface area contributed by atoms with E-state index in [1.54, 1.807) is 47.0 Å². The van der Waals surface area contributed by atoms with Crippen LogP contribution in [0.4, 0.5) is 11.5 Å². The normalized spacial score (nSPS) is 17.2. The molecule has 1 aliphatic carbocycles. The number of para-hydroxylation sites is 1. The quantitative estimate of drug-likeness (QED) is 0.378. The summed E-state index contributed by atoms with van der Waals surface area (Å²) in [6.07, 6.45) is 5.31. The number of ether oxygens (including phenoxy) is 1. The lowest BCUT2D eigenvalue weighted by atomic mass is 9.82. The fourth-order valence-corrected chi connectivity index (χ4v) is 4.83. The SMILES string of the molecule is CCOC(=O)c1cn(-c2ccc(C(=O)Nc3ccccc3)cc2)nc1N(C(=O)[C@H]1CC[C@H](C)CC1)C(C)C. The van der Waals surface area contributed by atoms with Gasteiger partial charge >= 0.3 is 5.97 Å². The number of hydrogen-bond donors (Lipinski definition) is 1. The third-order valence-electron chi connectivity index (χ3n) is 6.96. The van der Waals surface area contributed by atoms with E-state index in [1.807, 2.05) is 44.2 Å². The van der Waals surface area contributed by atoms with Crippen LogP contribution in [0.2, 0.25) is 0 Å². The highest BCUT2D eigenvalue weighted by Gasteiger charge is 2.34. The van der Waals surface area contributed by atoms with Gasteiger partial charge in [0.1, 0.15) is 5.56 Å². The van der Waals surface area contributed by atoms with Crippen LogP contribution < -0.4 is 10.2 Å². The van der Waals surface area contributed by atoms with E-state index in [4.69, 9.17) is 9.84 Å². The second kappa shape index (κ2) is 12.1. The molecule has 1 N–H and O–H groups in total. The molecule has 0 atom stereocenters. The Hall–Kier alpha value is -3.94. The number of carbonyl (C=O) groups excluding carboxylic acids is 3. The minimum Gasteiger partial charge on any atom is -0.462 e. The molecule has 4 rings (SSSR count). The maximum atomic E-state index is 13.7. The van der Waals surface area contributed by atoms with E-state index < -0.39 is 5.97 Å². The van der Waals surface area contributed by atoms with Crippen molar-refractivity contribution in [3.63, 3.8) is 0 Å². The summed E-state index contributed by atoms with van der Waals surface area (Å²) in [6.45, 7) is 8.04. The fraction of sp³-hybridized carbons (Fsp3) is 0.400. The molecule has 0 aliphatic heterocycles. The molecule has 0 spiro atoms. The van der Waals surface area contributed by atoms with Crippen molar-refractivity contribution < 1.29 is 19.1 Å². The number of carbonyl (C=O) groups is 3. The van der Waals surface area contributed by atoms with Crippen molar-refractivity contribution in [3.05, 3.63) is 71.9 Å². The summed E-state index contributed by atoms with van der Waals surface area (Å²) in [4.78, 5) is 40.9. The first-order valence-corrected chi connectivity index (χ1v) is 13.3. The number of esters is 1. The molecule has 38 heavy (non-hydrogen) atoms. The van der Waals surface area contributed by atoms with Gasteiger partial charge in [-0.3, -0.25) is 14.5 Å². The third kappa shape index (κ3) is 6.13. The molecule has 2 amide bonds. The van der Waals surface area contributed by atoms with Crippen LogP contribution in [0.5, 0.6) is 0 Å². The molecule has 0 bridgehead atoms. The van der Waals surface area contributed by atoms with E-state index in [2.05, 4.69) is 12.2 Å². The Morgan fingerprint density at radius 2 is 1.68 bits per heavy atom. The van der Waals surface area contributed by atoms with Gasteiger partial charge in [-0.15, -0.1) is 5.10 Å². The van der Waals surface area contributed by atoms with Crippen LogP contribution in [-0.4, -0.2) is 40.2 Å². The number of hydrogen-bond acceptors (Lipinski definition) is 5. The number of nitrogens with zero attached hydrogens (tertiary/aromatic N) is 3. The minimum atomic E-state index is -0.525. The van der Waals surface area contributed by atoms with Gasteiger partial charge in [-0.05, 0) is 88.8 Å². The lowest BCUT2D eigenvalue weighted by Gasteiger charge is -2.32. The predicted octanol–water partition coefficient (Wildman–Crippen LogP) is 5.87. The Morgan fingerprint density at radius 1 is 1.03 bits per heavy atom. The van der Waals surface area contributed by atoms with E-state index in [1.165, 1.54) is 0 Å². The molecule has 8 nitrogen and oxygen atoms in total. The van der Waals surface area contributed by atoms with Crippen LogP contribution in [0.15, 0.2) is 60.8 Å². The van der Waals surface area contributed by atoms with E-state index in [-0.39, 0.29) is 35.9 Å². The molecule has 1 fully saturated rings. The third-order valence-corrected chi connectivity index (χ3v) is 6.96. The molecular weight excluding hydrogens is 480 g/mol. The first-order chi connectivity index (χ1) is 18.3. The van der Waals surface area contributed by atoms with Crippen molar-refractivity contribution in [2.75, 3.05) is 16.8 Å². The Bertz CT molecular complexity index is 1260. The highest BCUT2D eigenvalue weighted by Crippen LogP contribution is 2.33. The van der Waals surface area contributed by atoms with Gasteiger partial charge in [0.25, 0.3) is 5.91 Å². The number of aromatic nitrogens is 2. The summed E-state index contributed by atoms with van der Waals surface area (Å²) in [5.74, 6) is 0.0798. The number of benzene rings is 2. The predicted molar refractivity (Wildman–Crippen MR) is 148 cm³/mol. The van der Waals surface area contributed by atoms with Gasteiger partial charge in [0.15, 0.2) is 5.82 Å². The van der Waals surface area contributed by atoms with Crippen LogP contribution in [0.1, 0.15) is 74.1 Å². The zero-order chi connectivity index (χ0) is 27.2. The molecule has 0 unspecified atom stereocenters. The molecule has 200 valence electrons. The highest BCUT2D eigenvalue weighted by atomic mass is 16.5. The molecule has 1 aliphatic rings. The van der Waals surface area contributed by atoms with Gasteiger partial charge in [-0.1, -0.05) is 25.1 Å². The Kier molecular flexibility index (Phi) is 8.61. The zero-order valence-electron chi connectivity index (χ0n) is 22.5. The van der Waals surface area contributed by atoms with E-state index in [9.17, 15) is 14.4 Å². The Morgan fingerprint density at radius 3 is 2.29 bits per heavy atom.